The van der Waals surface area contributed by atoms with E-state index in [0.29, 0.717) is 12.0 Å². The van der Waals surface area contributed by atoms with Crippen molar-refractivity contribution >= 4 is 5.69 Å². The van der Waals surface area contributed by atoms with Crippen molar-refractivity contribution in [1.29, 1.82) is 0 Å². The van der Waals surface area contributed by atoms with E-state index in [9.17, 15) is 0 Å². The molecule has 2 aromatic carbocycles. The molecule has 100 valence electrons. The molecule has 0 aromatic heterocycles. The Hall–Kier alpha value is -1.96. The first kappa shape index (κ1) is 13.5. The van der Waals surface area contributed by atoms with Gasteiger partial charge in [-0.2, -0.15) is 0 Å². The second-order valence-corrected chi connectivity index (χ2v) is 5.12. The monoisotopic (exact) mass is 255 g/mol. The number of rotatable bonds is 5. The molecule has 0 spiro atoms. The lowest BCUT2D eigenvalue weighted by Crippen LogP contribution is -2.21. The molecule has 0 aliphatic carbocycles. The van der Waals surface area contributed by atoms with E-state index in [-0.39, 0.29) is 0 Å². The first-order chi connectivity index (χ1) is 9.15. The quantitative estimate of drug-likeness (QED) is 0.817. The van der Waals surface area contributed by atoms with Crippen LogP contribution in [0, 0.1) is 5.92 Å². The Labute approximate surface area is 115 Å². The van der Waals surface area contributed by atoms with E-state index in [0.717, 1.165) is 17.2 Å². The summed E-state index contributed by atoms with van der Waals surface area (Å²) in [7, 11) is 0. The summed E-state index contributed by atoms with van der Waals surface area (Å²) in [6, 6.07) is 18.3. The Morgan fingerprint density at radius 2 is 1.53 bits per heavy atom. The third-order valence-corrected chi connectivity index (χ3v) is 3.21. The van der Waals surface area contributed by atoms with Gasteiger partial charge in [-0.05, 0) is 37.1 Å². The van der Waals surface area contributed by atoms with Gasteiger partial charge in [0.25, 0.3) is 0 Å². The van der Waals surface area contributed by atoms with E-state index in [1.54, 1.807) is 0 Å². The van der Waals surface area contributed by atoms with E-state index in [1.807, 2.05) is 48.5 Å². The molecule has 0 saturated carbocycles. The molecule has 0 bridgehead atoms. The van der Waals surface area contributed by atoms with Crippen molar-refractivity contribution in [2.45, 2.75) is 26.8 Å². The molecule has 0 radical (unpaired) electrons. The number of nitrogens with one attached hydrogen (secondary N) is 1. The van der Waals surface area contributed by atoms with Crippen LogP contribution in [0.15, 0.2) is 54.6 Å². The van der Waals surface area contributed by atoms with E-state index >= 15 is 0 Å². The molecule has 1 atom stereocenters. The van der Waals surface area contributed by atoms with Crippen molar-refractivity contribution in [3.8, 4) is 11.5 Å². The number of benzene rings is 2. The lowest BCUT2D eigenvalue weighted by atomic mass is 10.1. The molecule has 19 heavy (non-hydrogen) atoms. The van der Waals surface area contributed by atoms with Gasteiger partial charge in [-0.1, -0.05) is 38.1 Å². The topological polar surface area (TPSA) is 21.3 Å². The highest BCUT2D eigenvalue weighted by molar-refractivity contribution is 5.49. The molecule has 0 fully saturated rings. The molecule has 0 heterocycles. The van der Waals surface area contributed by atoms with Crippen molar-refractivity contribution in [2.24, 2.45) is 5.92 Å². The summed E-state index contributed by atoms with van der Waals surface area (Å²) >= 11 is 0. The van der Waals surface area contributed by atoms with Crippen LogP contribution in [-0.2, 0) is 0 Å². The summed E-state index contributed by atoms with van der Waals surface area (Å²) in [5.74, 6) is 2.31. The smallest absolute Gasteiger partial charge is 0.129 e. The summed E-state index contributed by atoms with van der Waals surface area (Å²) in [6.07, 6.45) is 0. The van der Waals surface area contributed by atoms with E-state index in [2.05, 4.69) is 32.2 Å². The number of hydrogen-bond acceptors (Lipinski definition) is 2. The maximum Gasteiger partial charge on any atom is 0.129 e. The van der Waals surface area contributed by atoms with E-state index in [4.69, 9.17) is 4.74 Å². The molecule has 2 nitrogen and oxygen atoms in total. The summed E-state index contributed by atoms with van der Waals surface area (Å²) < 4.78 is 5.82. The van der Waals surface area contributed by atoms with Crippen LogP contribution >= 0.6 is 0 Å². The van der Waals surface area contributed by atoms with Crippen LogP contribution < -0.4 is 10.1 Å². The van der Waals surface area contributed by atoms with Gasteiger partial charge in [0, 0.05) is 17.8 Å². The Kier molecular flexibility index (Phi) is 4.45. The zero-order valence-electron chi connectivity index (χ0n) is 11.8. The first-order valence-electron chi connectivity index (χ1n) is 6.74. The largest absolute Gasteiger partial charge is 0.457 e. The zero-order chi connectivity index (χ0) is 13.7. The molecule has 1 N–H and O–H groups in total. The van der Waals surface area contributed by atoms with Crippen molar-refractivity contribution < 1.29 is 4.74 Å². The van der Waals surface area contributed by atoms with Gasteiger partial charge in [0.15, 0.2) is 0 Å². The number of para-hydroxylation sites is 1. The molecule has 0 aliphatic rings. The fourth-order valence-corrected chi connectivity index (χ4v) is 1.70. The Balaban J connectivity index is 2.07. The van der Waals surface area contributed by atoms with Crippen molar-refractivity contribution in [3.05, 3.63) is 54.6 Å². The van der Waals surface area contributed by atoms with Gasteiger partial charge in [-0.3, -0.25) is 0 Å². The Morgan fingerprint density at radius 3 is 2.21 bits per heavy atom. The average Bonchev–Trinajstić information content (AvgIpc) is 2.40. The predicted octanol–water partition coefficient (Wildman–Crippen LogP) is 4.94. The standard InChI is InChI=1S/C17H21NO/c1-13(2)14(3)18-15-8-7-11-17(12-15)19-16-9-5-4-6-10-16/h4-14,18H,1-3H3. The molecular weight excluding hydrogens is 234 g/mol. The highest BCUT2D eigenvalue weighted by atomic mass is 16.5. The summed E-state index contributed by atoms with van der Waals surface area (Å²) in [5, 5.41) is 3.49. The van der Waals surface area contributed by atoms with E-state index < -0.39 is 0 Å². The third kappa shape index (κ3) is 4.02. The normalized spacial score (nSPS) is 12.2. The number of hydrogen-bond donors (Lipinski definition) is 1. The fraction of sp³-hybridized carbons (Fsp3) is 0.294. The maximum atomic E-state index is 5.82. The van der Waals surface area contributed by atoms with Gasteiger partial charge in [0.2, 0.25) is 0 Å². The van der Waals surface area contributed by atoms with Gasteiger partial charge >= 0.3 is 0 Å². The van der Waals surface area contributed by atoms with Crippen LogP contribution in [0.5, 0.6) is 11.5 Å². The highest BCUT2D eigenvalue weighted by Crippen LogP contribution is 2.24. The third-order valence-electron chi connectivity index (χ3n) is 3.21. The molecule has 1 unspecified atom stereocenters. The van der Waals surface area contributed by atoms with Gasteiger partial charge in [-0.15, -0.1) is 0 Å². The lowest BCUT2D eigenvalue weighted by molar-refractivity contribution is 0.482. The maximum absolute atomic E-state index is 5.82. The van der Waals surface area contributed by atoms with Gasteiger partial charge < -0.3 is 10.1 Å². The molecule has 0 amide bonds. The Morgan fingerprint density at radius 1 is 0.842 bits per heavy atom. The predicted molar refractivity (Wildman–Crippen MR) is 80.9 cm³/mol. The van der Waals surface area contributed by atoms with Gasteiger partial charge in [0.05, 0.1) is 0 Å². The van der Waals surface area contributed by atoms with Crippen molar-refractivity contribution in [2.75, 3.05) is 5.32 Å². The molecule has 2 aromatic rings. The second-order valence-electron chi connectivity index (χ2n) is 5.12. The van der Waals surface area contributed by atoms with Gasteiger partial charge in [0.1, 0.15) is 11.5 Å². The highest BCUT2D eigenvalue weighted by Gasteiger charge is 2.07. The van der Waals surface area contributed by atoms with Crippen LogP contribution in [0.4, 0.5) is 5.69 Å². The molecule has 0 saturated heterocycles. The first-order valence-corrected chi connectivity index (χ1v) is 6.74. The molecule has 0 aliphatic heterocycles. The zero-order valence-corrected chi connectivity index (χ0v) is 11.8. The Bertz CT molecular complexity index is 508. The van der Waals surface area contributed by atoms with Crippen LogP contribution in [0.2, 0.25) is 0 Å². The van der Waals surface area contributed by atoms with Crippen LogP contribution in [-0.4, -0.2) is 6.04 Å². The SMILES string of the molecule is CC(C)C(C)Nc1cccc(Oc2ccccc2)c1. The summed E-state index contributed by atoms with van der Waals surface area (Å²) in [6.45, 7) is 6.61. The van der Waals surface area contributed by atoms with Crippen molar-refractivity contribution in [3.63, 3.8) is 0 Å². The van der Waals surface area contributed by atoms with Gasteiger partial charge in [-0.25, -0.2) is 0 Å². The molecule has 2 heteroatoms. The summed E-state index contributed by atoms with van der Waals surface area (Å²) in [4.78, 5) is 0. The van der Waals surface area contributed by atoms with Crippen LogP contribution in [0.1, 0.15) is 20.8 Å². The minimum absolute atomic E-state index is 0.437. The average molecular weight is 255 g/mol. The molecule has 2 rings (SSSR count). The molecular formula is C17H21NO. The fourth-order valence-electron chi connectivity index (χ4n) is 1.70. The minimum atomic E-state index is 0.437. The van der Waals surface area contributed by atoms with Crippen LogP contribution in [0.25, 0.3) is 0 Å². The number of ether oxygens (including phenoxy) is 1. The summed E-state index contributed by atoms with van der Waals surface area (Å²) in [5.41, 5.74) is 1.09. The second kappa shape index (κ2) is 6.28. The van der Waals surface area contributed by atoms with Crippen LogP contribution in [0.3, 0.4) is 0 Å². The van der Waals surface area contributed by atoms with E-state index in [1.165, 1.54) is 0 Å². The minimum Gasteiger partial charge on any atom is -0.457 e. The lowest BCUT2D eigenvalue weighted by Gasteiger charge is -2.19. The van der Waals surface area contributed by atoms with Crippen molar-refractivity contribution in [1.82, 2.24) is 0 Å². The number of anilines is 1.